The fourth-order valence-electron chi connectivity index (χ4n) is 8.99. The van der Waals surface area contributed by atoms with Gasteiger partial charge in [0.05, 0.1) is 24.0 Å². The molecule has 0 spiro atoms. The summed E-state index contributed by atoms with van der Waals surface area (Å²) in [4.78, 5) is 0. The second-order valence-corrected chi connectivity index (χ2v) is 17.1. The zero-order chi connectivity index (χ0) is 34.0. The van der Waals surface area contributed by atoms with E-state index in [9.17, 15) is 0 Å². The normalized spacial score (nSPS) is 17.1. The molecule has 0 fully saturated rings. The Labute approximate surface area is 291 Å². The number of nitrogens with zero attached hydrogens (tertiary/aromatic N) is 2. The van der Waals surface area contributed by atoms with Crippen LogP contribution in [0, 0.1) is 0 Å². The standard InChI is InChI=1S/C47H46N2/c1-45(2,3)32-19-16-30-25-40(49-24-22-33(46(4,5)6)28-39(49)37(30)27-32)41-26-31-18-21-36-35-20-17-29-13-9-10-14-34(29)43(35)47(7,8)44(36)42(31)38-15-11-12-23-48(38)41/h9-24,27-28H,25-26H2,1-8H3/q+2/b41-40+. The molecule has 2 aromatic heterocycles. The lowest BCUT2D eigenvalue weighted by Crippen LogP contribution is -2.47. The molecule has 0 radical (unpaired) electrons. The number of hydrogen-bond donors (Lipinski definition) is 0. The summed E-state index contributed by atoms with van der Waals surface area (Å²) in [5.74, 6) is 0. The molecule has 0 saturated heterocycles. The van der Waals surface area contributed by atoms with E-state index in [-0.39, 0.29) is 16.2 Å². The minimum Gasteiger partial charge on any atom is -0.158 e. The van der Waals surface area contributed by atoms with Gasteiger partial charge in [0, 0.05) is 29.7 Å². The average Bonchev–Trinajstić information content (AvgIpc) is 3.32. The monoisotopic (exact) mass is 638 g/mol. The second kappa shape index (κ2) is 10.1. The molecule has 4 aromatic carbocycles. The predicted molar refractivity (Wildman–Crippen MR) is 203 cm³/mol. The second-order valence-electron chi connectivity index (χ2n) is 17.1. The molecule has 0 amide bonds. The van der Waals surface area contributed by atoms with Crippen molar-refractivity contribution in [3.8, 4) is 33.6 Å². The number of benzene rings is 4. The van der Waals surface area contributed by atoms with Crippen molar-refractivity contribution in [2.45, 2.75) is 84.5 Å². The molecule has 6 aromatic rings. The van der Waals surface area contributed by atoms with Gasteiger partial charge in [-0.3, -0.25) is 0 Å². The molecule has 49 heavy (non-hydrogen) atoms. The van der Waals surface area contributed by atoms with Gasteiger partial charge in [-0.15, -0.1) is 0 Å². The Balaban J connectivity index is 1.28. The smallest absolute Gasteiger partial charge is 0.158 e. The van der Waals surface area contributed by atoms with Crippen LogP contribution in [0.2, 0.25) is 0 Å². The minimum atomic E-state index is -0.131. The minimum absolute atomic E-state index is 0.0589. The van der Waals surface area contributed by atoms with E-state index in [1.54, 1.807) is 0 Å². The average molecular weight is 639 g/mol. The lowest BCUT2D eigenvalue weighted by molar-refractivity contribution is -0.602. The summed E-state index contributed by atoms with van der Waals surface area (Å²) in [7, 11) is 0. The summed E-state index contributed by atoms with van der Waals surface area (Å²) < 4.78 is 5.02. The molecule has 0 atom stereocenters. The molecule has 0 N–H and O–H groups in total. The van der Waals surface area contributed by atoms with Gasteiger partial charge in [-0.25, -0.2) is 0 Å². The van der Waals surface area contributed by atoms with Gasteiger partial charge in [-0.1, -0.05) is 116 Å². The number of pyridine rings is 2. The molecule has 1 aliphatic carbocycles. The lowest BCUT2D eigenvalue weighted by Gasteiger charge is -2.28. The lowest BCUT2D eigenvalue weighted by atomic mass is 9.75. The molecule has 4 heterocycles. The van der Waals surface area contributed by atoms with Crippen molar-refractivity contribution < 1.29 is 9.13 Å². The number of aromatic nitrogens is 2. The molecule has 3 aliphatic rings. The highest BCUT2D eigenvalue weighted by Gasteiger charge is 2.45. The van der Waals surface area contributed by atoms with Gasteiger partial charge in [0.2, 0.25) is 11.4 Å². The first kappa shape index (κ1) is 30.3. The van der Waals surface area contributed by atoms with Gasteiger partial charge >= 0.3 is 0 Å². The molecular formula is C47H46N2+2. The molecule has 2 aliphatic heterocycles. The van der Waals surface area contributed by atoms with E-state index in [0.717, 1.165) is 12.8 Å². The van der Waals surface area contributed by atoms with Crippen LogP contribution in [0.3, 0.4) is 0 Å². The predicted octanol–water partition coefficient (Wildman–Crippen LogP) is 10.6. The van der Waals surface area contributed by atoms with Crippen LogP contribution < -0.4 is 9.13 Å². The summed E-state index contributed by atoms with van der Waals surface area (Å²) in [6, 6.07) is 37.2. The Kier molecular flexibility index (Phi) is 6.24. The van der Waals surface area contributed by atoms with Crippen LogP contribution in [0.4, 0.5) is 0 Å². The van der Waals surface area contributed by atoms with E-state index >= 15 is 0 Å². The fourth-order valence-corrected chi connectivity index (χ4v) is 8.99. The fraction of sp³-hybridized carbons (Fsp3) is 0.277. The maximum atomic E-state index is 2.51. The Bertz CT molecular complexity index is 2420. The van der Waals surface area contributed by atoms with Crippen LogP contribution in [0.15, 0.2) is 109 Å². The summed E-state index contributed by atoms with van der Waals surface area (Å²) in [6.07, 6.45) is 6.42. The third kappa shape index (κ3) is 4.39. The highest BCUT2D eigenvalue weighted by atomic mass is 15.1. The van der Waals surface area contributed by atoms with Gasteiger partial charge < -0.3 is 0 Å². The first-order valence-corrected chi connectivity index (χ1v) is 17.9. The van der Waals surface area contributed by atoms with Crippen LogP contribution in [0.1, 0.15) is 88.8 Å². The summed E-state index contributed by atoms with van der Waals surface area (Å²) in [5, 5.41) is 2.68. The number of allylic oxidation sites excluding steroid dienone is 2. The van der Waals surface area contributed by atoms with Crippen molar-refractivity contribution in [2.24, 2.45) is 0 Å². The molecule has 0 bridgehead atoms. The highest BCUT2D eigenvalue weighted by Crippen LogP contribution is 2.55. The van der Waals surface area contributed by atoms with Crippen molar-refractivity contribution in [3.05, 3.63) is 143 Å². The maximum Gasteiger partial charge on any atom is 0.259 e. The Morgan fingerprint density at radius 2 is 1.16 bits per heavy atom. The topological polar surface area (TPSA) is 7.76 Å². The van der Waals surface area contributed by atoms with E-state index < -0.39 is 0 Å². The van der Waals surface area contributed by atoms with Crippen LogP contribution in [-0.2, 0) is 29.1 Å². The largest absolute Gasteiger partial charge is 0.259 e. The van der Waals surface area contributed by atoms with Gasteiger partial charge in [0.25, 0.3) is 11.4 Å². The van der Waals surface area contributed by atoms with E-state index in [4.69, 9.17) is 0 Å². The SMILES string of the molecule is CC(C)(C)c1ccc2c(c1)-c1cc(C(C)(C)C)cc[n+]1/C(=C1\Cc3ccc4c(c3-c3cccc[n+]31)C(C)(C)c1c-4ccc3ccccc13)C2. The maximum absolute atomic E-state index is 2.51. The summed E-state index contributed by atoms with van der Waals surface area (Å²) in [6.45, 7) is 18.8. The first-order chi connectivity index (χ1) is 23.3. The van der Waals surface area contributed by atoms with Crippen molar-refractivity contribution in [1.82, 2.24) is 0 Å². The Morgan fingerprint density at radius 3 is 1.94 bits per heavy atom. The van der Waals surface area contributed by atoms with Crippen LogP contribution in [0.25, 0.3) is 55.8 Å². The third-order valence-electron chi connectivity index (χ3n) is 11.6. The van der Waals surface area contributed by atoms with Crippen LogP contribution in [0.5, 0.6) is 0 Å². The first-order valence-electron chi connectivity index (χ1n) is 17.9. The summed E-state index contributed by atoms with van der Waals surface area (Å²) in [5.41, 5.74) is 19.3. The van der Waals surface area contributed by atoms with Gasteiger partial charge in [-0.2, -0.15) is 9.13 Å². The van der Waals surface area contributed by atoms with Crippen molar-refractivity contribution in [1.29, 1.82) is 0 Å². The third-order valence-corrected chi connectivity index (χ3v) is 11.6. The zero-order valence-electron chi connectivity index (χ0n) is 30.2. The van der Waals surface area contributed by atoms with Crippen LogP contribution in [-0.4, -0.2) is 0 Å². The van der Waals surface area contributed by atoms with E-state index in [1.165, 1.54) is 89.2 Å². The van der Waals surface area contributed by atoms with Crippen molar-refractivity contribution in [2.75, 3.05) is 0 Å². The van der Waals surface area contributed by atoms with E-state index in [1.807, 2.05) is 0 Å². The van der Waals surface area contributed by atoms with Gasteiger partial charge in [-0.05, 0) is 78.2 Å². The van der Waals surface area contributed by atoms with Gasteiger partial charge in [0.1, 0.15) is 0 Å². The molecule has 0 unspecified atom stereocenters. The molecular weight excluding hydrogens is 593 g/mol. The van der Waals surface area contributed by atoms with Gasteiger partial charge in [0.15, 0.2) is 12.4 Å². The highest BCUT2D eigenvalue weighted by molar-refractivity contribution is 6.00. The number of hydrogen-bond acceptors (Lipinski definition) is 0. The molecule has 242 valence electrons. The van der Waals surface area contributed by atoms with E-state index in [0.29, 0.717) is 0 Å². The Morgan fingerprint density at radius 1 is 0.531 bits per heavy atom. The van der Waals surface area contributed by atoms with Crippen molar-refractivity contribution in [3.63, 3.8) is 0 Å². The van der Waals surface area contributed by atoms with Crippen LogP contribution >= 0.6 is 0 Å². The van der Waals surface area contributed by atoms with Crippen molar-refractivity contribution >= 4 is 22.2 Å². The molecule has 2 heteroatoms. The zero-order valence-corrected chi connectivity index (χ0v) is 30.2. The molecule has 9 rings (SSSR count). The Hall–Kier alpha value is -4.82. The number of fused-ring (bicyclic) bond motifs is 12. The molecule has 0 saturated carbocycles. The van der Waals surface area contributed by atoms with E-state index in [2.05, 4.69) is 174 Å². The number of rotatable bonds is 0. The quantitative estimate of drug-likeness (QED) is 0.146. The molecule has 2 nitrogen and oxygen atoms in total. The summed E-state index contributed by atoms with van der Waals surface area (Å²) >= 11 is 0.